The monoisotopic (exact) mass is 294 g/mol. The summed E-state index contributed by atoms with van der Waals surface area (Å²) in [6.07, 6.45) is 1.81. The van der Waals surface area contributed by atoms with Crippen molar-refractivity contribution < 1.29 is 10.0 Å². The summed E-state index contributed by atoms with van der Waals surface area (Å²) in [7, 11) is 0. The minimum Gasteiger partial charge on any atom is -0.428 e. The molecule has 0 bridgehead atoms. The first-order valence-electron chi connectivity index (χ1n) is 7.20. The van der Waals surface area contributed by atoms with Crippen molar-refractivity contribution in [1.29, 1.82) is 0 Å². The number of aryl methyl sites for hydroxylation is 2. The molecule has 1 amide bonds. The van der Waals surface area contributed by atoms with Gasteiger partial charge in [-0.15, -0.1) is 0 Å². The van der Waals surface area contributed by atoms with Crippen LogP contribution in [0.3, 0.4) is 0 Å². The van der Waals surface area contributed by atoms with E-state index in [1.807, 2.05) is 56.3 Å². The van der Waals surface area contributed by atoms with Crippen molar-refractivity contribution in [2.75, 3.05) is 5.32 Å². The molecule has 3 rings (SSSR count). The van der Waals surface area contributed by atoms with E-state index in [0.717, 1.165) is 26.9 Å². The largest absolute Gasteiger partial charge is 0.428 e. The molecule has 0 radical (unpaired) electrons. The smallest absolute Gasteiger partial charge is 0.228 e. The summed E-state index contributed by atoms with van der Waals surface area (Å²) in [4.78, 5) is 12.2. The summed E-state index contributed by atoms with van der Waals surface area (Å²) < 4.78 is 1.06. The molecule has 3 aromatic rings. The third-order valence-electron chi connectivity index (χ3n) is 3.92. The maximum Gasteiger partial charge on any atom is 0.228 e. The van der Waals surface area contributed by atoms with E-state index in [4.69, 9.17) is 0 Å². The van der Waals surface area contributed by atoms with Crippen LogP contribution in [0.15, 0.2) is 48.7 Å². The van der Waals surface area contributed by atoms with Gasteiger partial charge >= 0.3 is 0 Å². The van der Waals surface area contributed by atoms with Crippen molar-refractivity contribution in [3.63, 3.8) is 0 Å². The van der Waals surface area contributed by atoms with Gasteiger partial charge in [0.1, 0.15) is 0 Å². The molecule has 22 heavy (non-hydrogen) atoms. The molecule has 0 aliphatic heterocycles. The molecule has 2 aromatic carbocycles. The Labute approximate surface area is 129 Å². The predicted octanol–water partition coefficient (Wildman–Crippen LogP) is 3.68. The molecule has 0 aliphatic rings. The van der Waals surface area contributed by atoms with Gasteiger partial charge in [0.05, 0.1) is 11.9 Å². The van der Waals surface area contributed by atoms with Crippen molar-refractivity contribution in [3.05, 3.63) is 65.4 Å². The van der Waals surface area contributed by atoms with E-state index in [0.29, 0.717) is 5.52 Å². The summed E-state index contributed by atoms with van der Waals surface area (Å²) in [6.45, 7) is 4.06. The first-order chi connectivity index (χ1) is 10.5. The first kappa shape index (κ1) is 14.2. The van der Waals surface area contributed by atoms with Crippen molar-refractivity contribution in [3.8, 4) is 0 Å². The van der Waals surface area contributed by atoms with Crippen LogP contribution in [0, 0.1) is 13.8 Å². The Balaban J connectivity index is 1.80. The molecular weight excluding hydrogens is 276 g/mol. The summed E-state index contributed by atoms with van der Waals surface area (Å²) in [6, 6.07) is 13.3. The summed E-state index contributed by atoms with van der Waals surface area (Å²) >= 11 is 0. The Kier molecular flexibility index (Phi) is 3.59. The van der Waals surface area contributed by atoms with Crippen molar-refractivity contribution >= 4 is 22.5 Å². The third-order valence-corrected chi connectivity index (χ3v) is 3.92. The quantitative estimate of drug-likeness (QED) is 0.724. The zero-order chi connectivity index (χ0) is 15.7. The lowest BCUT2D eigenvalue weighted by Gasteiger charge is -2.07. The number of para-hydroxylation sites is 1. The average Bonchev–Trinajstić information content (AvgIpc) is 2.80. The van der Waals surface area contributed by atoms with Crippen molar-refractivity contribution in [2.24, 2.45) is 0 Å². The zero-order valence-corrected chi connectivity index (χ0v) is 12.6. The highest BCUT2D eigenvalue weighted by Gasteiger charge is 2.11. The molecule has 0 unspecified atom stereocenters. The number of fused-ring (bicyclic) bond motifs is 1. The normalized spacial score (nSPS) is 10.8. The third kappa shape index (κ3) is 2.68. The van der Waals surface area contributed by atoms with Crippen LogP contribution in [0.1, 0.15) is 16.7 Å². The topological polar surface area (TPSA) is 54.3 Å². The second-order valence-corrected chi connectivity index (χ2v) is 5.54. The summed E-state index contributed by atoms with van der Waals surface area (Å²) in [5, 5.41) is 13.6. The van der Waals surface area contributed by atoms with E-state index >= 15 is 0 Å². The maximum atomic E-state index is 12.2. The number of anilines is 1. The number of carbonyl (C=O) groups is 1. The second kappa shape index (κ2) is 5.56. The number of hydrogen-bond acceptors (Lipinski definition) is 2. The SMILES string of the molecule is Cc1ccc(NC(=O)Cc2cn(O)c3ccccc23)cc1C. The molecule has 0 spiro atoms. The lowest BCUT2D eigenvalue weighted by Crippen LogP contribution is -2.14. The van der Waals surface area contributed by atoms with Crippen LogP contribution in [0.2, 0.25) is 0 Å². The Morgan fingerprint density at radius 2 is 1.91 bits per heavy atom. The highest BCUT2D eigenvalue weighted by Crippen LogP contribution is 2.21. The number of nitrogens with zero attached hydrogens (tertiary/aromatic N) is 1. The van der Waals surface area contributed by atoms with E-state index in [2.05, 4.69) is 5.32 Å². The number of aromatic nitrogens is 1. The van der Waals surface area contributed by atoms with Gasteiger partial charge in [-0.2, -0.15) is 4.73 Å². The van der Waals surface area contributed by atoms with E-state index in [1.165, 1.54) is 5.56 Å². The fraction of sp³-hybridized carbons (Fsp3) is 0.167. The van der Waals surface area contributed by atoms with E-state index < -0.39 is 0 Å². The second-order valence-electron chi connectivity index (χ2n) is 5.54. The molecule has 4 nitrogen and oxygen atoms in total. The minimum atomic E-state index is -0.0976. The molecule has 2 N–H and O–H groups in total. The van der Waals surface area contributed by atoms with Crippen LogP contribution in [-0.2, 0) is 11.2 Å². The standard InChI is InChI=1S/C18H18N2O2/c1-12-7-8-15(9-13(12)2)19-18(21)10-14-11-20(22)17-6-4-3-5-16(14)17/h3-9,11,22H,10H2,1-2H3,(H,19,21). The molecule has 4 heteroatoms. The Morgan fingerprint density at radius 1 is 1.14 bits per heavy atom. The number of hydrogen-bond donors (Lipinski definition) is 2. The number of carbonyl (C=O) groups excluding carboxylic acids is 1. The highest BCUT2D eigenvalue weighted by atomic mass is 16.5. The predicted molar refractivity (Wildman–Crippen MR) is 87.4 cm³/mol. The molecule has 0 saturated carbocycles. The summed E-state index contributed by atoms with van der Waals surface area (Å²) in [5.74, 6) is -0.0976. The highest BCUT2D eigenvalue weighted by molar-refractivity contribution is 5.95. The molecule has 1 heterocycles. The lowest BCUT2D eigenvalue weighted by atomic mass is 10.1. The van der Waals surface area contributed by atoms with Gasteiger partial charge in [0, 0.05) is 17.3 Å². The van der Waals surface area contributed by atoms with E-state index in [9.17, 15) is 10.0 Å². The van der Waals surface area contributed by atoms with E-state index in [-0.39, 0.29) is 12.3 Å². The van der Waals surface area contributed by atoms with Crippen LogP contribution in [0.5, 0.6) is 0 Å². The Morgan fingerprint density at radius 3 is 2.68 bits per heavy atom. The van der Waals surface area contributed by atoms with Gasteiger partial charge in [-0.05, 0) is 48.7 Å². The van der Waals surface area contributed by atoms with Crippen LogP contribution in [0.25, 0.3) is 10.9 Å². The molecule has 0 atom stereocenters. The van der Waals surface area contributed by atoms with Gasteiger partial charge in [-0.25, -0.2) is 0 Å². The number of amides is 1. The van der Waals surface area contributed by atoms with Crippen LogP contribution >= 0.6 is 0 Å². The number of rotatable bonds is 3. The fourth-order valence-corrected chi connectivity index (χ4v) is 2.57. The molecular formula is C18H18N2O2. The van der Waals surface area contributed by atoms with Gasteiger partial charge in [0.2, 0.25) is 5.91 Å². The van der Waals surface area contributed by atoms with Crippen LogP contribution < -0.4 is 5.32 Å². The fourth-order valence-electron chi connectivity index (χ4n) is 2.57. The number of benzene rings is 2. The van der Waals surface area contributed by atoms with Gasteiger partial charge in [-0.1, -0.05) is 24.3 Å². The van der Waals surface area contributed by atoms with Crippen LogP contribution in [-0.4, -0.2) is 15.8 Å². The van der Waals surface area contributed by atoms with Gasteiger partial charge in [0.15, 0.2) is 0 Å². The van der Waals surface area contributed by atoms with Gasteiger partial charge < -0.3 is 10.5 Å². The minimum absolute atomic E-state index is 0.0976. The average molecular weight is 294 g/mol. The molecule has 0 saturated heterocycles. The van der Waals surface area contributed by atoms with Crippen LogP contribution in [0.4, 0.5) is 5.69 Å². The Hall–Kier alpha value is -2.75. The van der Waals surface area contributed by atoms with Crippen molar-refractivity contribution in [2.45, 2.75) is 20.3 Å². The summed E-state index contributed by atoms with van der Waals surface area (Å²) in [5.41, 5.74) is 4.64. The molecule has 1 aromatic heterocycles. The van der Waals surface area contributed by atoms with Gasteiger partial charge in [-0.3, -0.25) is 4.79 Å². The Bertz CT molecular complexity index is 849. The molecule has 0 aliphatic carbocycles. The van der Waals surface area contributed by atoms with E-state index in [1.54, 1.807) is 6.20 Å². The first-order valence-corrected chi connectivity index (χ1v) is 7.20. The molecule has 112 valence electrons. The zero-order valence-electron chi connectivity index (χ0n) is 12.6. The van der Waals surface area contributed by atoms with Gasteiger partial charge in [0.25, 0.3) is 0 Å². The maximum absolute atomic E-state index is 12.2. The lowest BCUT2D eigenvalue weighted by molar-refractivity contribution is -0.115. The number of nitrogens with one attached hydrogen (secondary N) is 1. The molecule has 0 fully saturated rings. The van der Waals surface area contributed by atoms with Crippen molar-refractivity contribution in [1.82, 2.24) is 4.73 Å².